The van der Waals surface area contributed by atoms with E-state index >= 15 is 0 Å². The Kier molecular flexibility index (Phi) is 7.23. The van der Waals surface area contributed by atoms with Crippen LogP contribution in [-0.2, 0) is 14.4 Å². The molecular formula is C18H27N3O3. The predicted molar refractivity (Wildman–Crippen MR) is 88.8 cm³/mol. The van der Waals surface area contributed by atoms with Crippen LogP contribution in [0.5, 0.6) is 0 Å². The van der Waals surface area contributed by atoms with Crippen LogP contribution in [-0.4, -0.2) is 41.6 Å². The Bertz CT molecular complexity index is 506. The molecule has 2 amide bonds. The summed E-state index contributed by atoms with van der Waals surface area (Å²) < 4.78 is 0. The molecule has 1 aliphatic heterocycles. The van der Waals surface area contributed by atoms with Crippen molar-refractivity contribution in [3.05, 3.63) is 0 Å². The normalized spacial score (nSPS) is 21.3. The van der Waals surface area contributed by atoms with Crippen molar-refractivity contribution in [1.29, 1.82) is 5.26 Å². The Hall–Kier alpha value is -1.90. The Morgan fingerprint density at radius 3 is 2.50 bits per heavy atom. The Balaban J connectivity index is 1.90. The number of rotatable bonds is 5. The molecule has 0 spiro atoms. The zero-order chi connectivity index (χ0) is 17.4. The van der Waals surface area contributed by atoms with Crippen LogP contribution < -0.4 is 5.32 Å². The van der Waals surface area contributed by atoms with Gasteiger partial charge in [-0.15, -0.1) is 0 Å². The van der Waals surface area contributed by atoms with Gasteiger partial charge in [0.1, 0.15) is 0 Å². The second-order valence-corrected chi connectivity index (χ2v) is 6.85. The van der Waals surface area contributed by atoms with Gasteiger partial charge in [-0.1, -0.05) is 32.1 Å². The fourth-order valence-corrected chi connectivity index (χ4v) is 3.47. The summed E-state index contributed by atoms with van der Waals surface area (Å²) in [6, 6.07) is 1.89. The number of carbonyl (C=O) groups is 3. The average molecular weight is 333 g/mol. The Morgan fingerprint density at radius 1 is 1.12 bits per heavy atom. The molecule has 0 radical (unpaired) electrons. The lowest BCUT2D eigenvalue weighted by molar-refractivity contribution is -0.139. The molecule has 2 fully saturated rings. The van der Waals surface area contributed by atoms with Gasteiger partial charge >= 0.3 is 0 Å². The number of likely N-dealkylation sites (tertiary alicyclic amines) is 1. The molecule has 24 heavy (non-hydrogen) atoms. The monoisotopic (exact) mass is 333 g/mol. The molecule has 132 valence electrons. The summed E-state index contributed by atoms with van der Waals surface area (Å²) in [4.78, 5) is 38.3. The van der Waals surface area contributed by atoms with E-state index in [2.05, 4.69) is 5.32 Å². The van der Waals surface area contributed by atoms with Crippen LogP contribution >= 0.6 is 0 Å². The van der Waals surface area contributed by atoms with Crippen LogP contribution in [0.25, 0.3) is 0 Å². The van der Waals surface area contributed by atoms with Crippen LogP contribution in [0.1, 0.15) is 64.2 Å². The summed E-state index contributed by atoms with van der Waals surface area (Å²) in [5.41, 5.74) is 0. The lowest BCUT2D eigenvalue weighted by Gasteiger charge is -2.26. The van der Waals surface area contributed by atoms with E-state index < -0.39 is 17.6 Å². The SMILES string of the molecule is N#C[C@@H](C(=O)CN1CCCCCCC1=O)C(=O)NC1CCCCC1. The quantitative estimate of drug-likeness (QED) is 0.778. The van der Waals surface area contributed by atoms with Crippen molar-refractivity contribution in [2.75, 3.05) is 13.1 Å². The third-order valence-electron chi connectivity index (χ3n) is 4.93. The summed E-state index contributed by atoms with van der Waals surface area (Å²) in [5, 5.41) is 12.1. The number of hydrogen-bond donors (Lipinski definition) is 1. The topological polar surface area (TPSA) is 90.3 Å². The Labute approximate surface area is 143 Å². The highest BCUT2D eigenvalue weighted by molar-refractivity contribution is 6.05. The fraction of sp³-hybridized carbons (Fsp3) is 0.778. The van der Waals surface area contributed by atoms with Gasteiger partial charge in [0, 0.05) is 19.0 Å². The number of nitrogens with zero attached hydrogens (tertiary/aromatic N) is 2. The fourth-order valence-electron chi connectivity index (χ4n) is 3.47. The first-order chi connectivity index (χ1) is 11.6. The van der Waals surface area contributed by atoms with E-state index in [1.54, 1.807) is 0 Å². The molecule has 1 N–H and O–H groups in total. The molecule has 0 aromatic heterocycles. The number of amides is 2. The number of nitriles is 1. The van der Waals surface area contributed by atoms with Crippen molar-refractivity contribution >= 4 is 17.6 Å². The minimum atomic E-state index is -1.31. The first-order valence-electron chi connectivity index (χ1n) is 9.12. The van der Waals surface area contributed by atoms with Crippen LogP contribution in [0.15, 0.2) is 0 Å². The van der Waals surface area contributed by atoms with Crippen LogP contribution in [0, 0.1) is 17.2 Å². The second kappa shape index (κ2) is 9.41. The molecule has 1 atom stereocenters. The van der Waals surface area contributed by atoms with E-state index in [9.17, 15) is 19.6 Å². The van der Waals surface area contributed by atoms with E-state index in [-0.39, 0.29) is 18.5 Å². The van der Waals surface area contributed by atoms with Crippen LogP contribution in [0.2, 0.25) is 0 Å². The summed E-state index contributed by atoms with van der Waals surface area (Å²) in [6.07, 6.45) is 9.35. The number of nitrogens with one attached hydrogen (secondary N) is 1. The molecule has 1 saturated carbocycles. The van der Waals surface area contributed by atoms with Crippen molar-refractivity contribution in [2.45, 2.75) is 70.3 Å². The average Bonchev–Trinajstić information content (AvgIpc) is 2.56. The van der Waals surface area contributed by atoms with E-state index in [4.69, 9.17) is 0 Å². The van der Waals surface area contributed by atoms with Gasteiger partial charge < -0.3 is 10.2 Å². The zero-order valence-electron chi connectivity index (χ0n) is 14.3. The molecular weight excluding hydrogens is 306 g/mol. The maximum atomic E-state index is 12.4. The van der Waals surface area contributed by atoms with Crippen molar-refractivity contribution in [1.82, 2.24) is 10.2 Å². The molecule has 0 aromatic rings. The molecule has 1 heterocycles. The van der Waals surface area contributed by atoms with Crippen LogP contribution in [0.4, 0.5) is 0 Å². The summed E-state index contributed by atoms with van der Waals surface area (Å²) >= 11 is 0. The van der Waals surface area contributed by atoms with Crippen LogP contribution in [0.3, 0.4) is 0 Å². The van der Waals surface area contributed by atoms with Crippen molar-refractivity contribution in [3.8, 4) is 6.07 Å². The molecule has 0 unspecified atom stereocenters. The van der Waals surface area contributed by atoms with Crippen molar-refractivity contribution in [2.24, 2.45) is 5.92 Å². The highest BCUT2D eigenvalue weighted by Crippen LogP contribution is 2.18. The van der Waals surface area contributed by atoms with E-state index in [1.165, 1.54) is 11.3 Å². The maximum absolute atomic E-state index is 12.4. The highest BCUT2D eigenvalue weighted by atomic mass is 16.2. The summed E-state index contributed by atoms with van der Waals surface area (Å²) in [7, 11) is 0. The molecule has 6 nitrogen and oxygen atoms in total. The summed E-state index contributed by atoms with van der Waals surface area (Å²) in [6.45, 7) is 0.405. The number of Topliss-reactive ketones (excluding diaryl/α,β-unsaturated/α-hetero) is 1. The van der Waals surface area contributed by atoms with Crippen molar-refractivity contribution in [3.63, 3.8) is 0 Å². The van der Waals surface area contributed by atoms with E-state index in [1.807, 2.05) is 6.07 Å². The standard InChI is InChI=1S/C18H27N3O3/c19-12-15(18(24)20-14-8-4-3-5-9-14)16(22)13-21-11-7-2-1-6-10-17(21)23/h14-15H,1-11,13H2,(H,20,24)/t15-/m0/s1. The largest absolute Gasteiger partial charge is 0.352 e. The van der Waals surface area contributed by atoms with Crippen molar-refractivity contribution < 1.29 is 14.4 Å². The van der Waals surface area contributed by atoms with Gasteiger partial charge in [-0.3, -0.25) is 14.4 Å². The zero-order valence-corrected chi connectivity index (χ0v) is 14.3. The van der Waals surface area contributed by atoms with Gasteiger partial charge in [0.25, 0.3) is 0 Å². The molecule has 1 saturated heterocycles. The summed E-state index contributed by atoms with van der Waals surface area (Å²) in [5.74, 6) is -2.34. The minimum absolute atomic E-state index is 0.0487. The number of ketones is 1. The smallest absolute Gasteiger partial charge is 0.245 e. The van der Waals surface area contributed by atoms with Gasteiger partial charge in [0.2, 0.25) is 11.8 Å². The van der Waals surface area contributed by atoms with E-state index in [0.717, 1.165) is 51.4 Å². The van der Waals surface area contributed by atoms with Gasteiger partial charge in [-0.05, 0) is 25.7 Å². The van der Waals surface area contributed by atoms with Gasteiger partial charge in [-0.2, -0.15) is 5.26 Å². The maximum Gasteiger partial charge on any atom is 0.245 e. The molecule has 0 aromatic carbocycles. The number of hydrogen-bond acceptors (Lipinski definition) is 4. The van der Waals surface area contributed by atoms with Gasteiger partial charge in [0.05, 0.1) is 12.6 Å². The first-order valence-corrected chi connectivity index (χ1v) is 9.12. The highest BCUT2D eigenvalue weighted by Gasteiger charge is 2.30. The molecule has 2 aliphatic rings. The molecule has 6 heteroatoms. The van der Waals surface area contributed by atoms with Gasteiger partial charge in [-0.25, -0.2) is 0 Å². The Morgan fingerprint density at radius 2 is 1.79 bits per heavy atom. The third kappa shape index (κ3) is 5.33. The van der Waals surface area contributed by atoms with E-state index in [0.29, 0.717) is 13.0 Å². The molecule has 0 bridgehead atoms. The third-order valence-corrected chi connectivity index (χ3v) is 4.93. The lowest BCUT2D eigenvalue weighted by Crippen LogP contribution is -2.45. The minimum Gasteiger partial charge on any atom is -0.352 e. The van der Waals surface area contributed by atoms with Gasteiger partial charge in [0.15, 0.2) is 11.7 Å². The molecule has 1 aliphatic carbocycles. The predicted octanol–water partition coefficient (Wildman–Crippen LogP) is 1.94. The number of carbonyl (C=O) groups excluding carboxylic acids is 3. The first kappa shape index (κ1) is 18.4. The molecule has 2 rings (SSSR count). The second-order valence-electron chi connectivity index (χ2n) is 6.85. The lowest BCUT2D eigenvalue weighted by atomic mass is 9.94.